The Balaban J connectivity index is 1.39. The third-order valence-electron chi connectivity index (χ3n) is 4.88. The van der Waals surface area contributed by atoms with Gasteiger partial charge in [-0.3, -0.25) is 9.36 Å². The van der Waals surface area contributed by atoms with Gasteiger partial charge in [0.15, 0.2) is 0 Å². The van der Waals surface area contributed by atoms with E-state index < -0.39 is 0 Å². The van der Waals surface area contributed by atoms with E-state index in [9.17, 15) is 9.59 Å². The summed E-state index contributed by atoms with van der Waals surface area (Å²) >= 11 is 1.72. The number of nitrogens with one attached hydrogen (secondary N) is 1. The SMILES string of the molecule is Cn1nc2n(c1=O)C[C@@H](C(=O)NCc1nc3c(s1)CCCC3)CC2. The summed E-state index contributed by atoms with van der Waals surface area (Å²) in [5.74, 6) is 0.609. The highest BCUT2D eigenvalue weighted by Gasteiger charge is 2.27. The first kappa shape index (κ1) is 15.6. The Morgan fingerprint density at radius 2 is 2.17 bits per heavy atom. The van der Waals surface area contributed by atoms with Crippen molar-refractivity contribution in [2.24, 2.45) is 13.0 Å². The summed E-state index contributed by atoms with van der Waals surface area (Å²) in [6.07, 6.45) is 6.04. The Hall–Kier alpha value is -1.96. The standard InChI is InChI=1S/C16H21N5O2S/c1-20-16(23)21-9-10(6-7-13(21)19-20)15(22)17-8-14-18-11-4-2-3-5-12(11)24-14/h10H,2-9H2,1H3,(H,17,22)/t10-/m0/s1. The Morgan fingerprint density at radius 3 is 3.00 bits per heavy atom. The lowest BCUT2D eigenvalue weighted by molar-refractivity contribution is -0.126. The monoisotopic (exact) mass is 347 g/mol. The molecule has 8 heteroatoms. The largest absolute Gasteiger partial charge is 0.349 e. The van der Waals surface area contributed by atoms with Crippen LogP contribution in [0, 0.1) is 5.92 Å². The van der Waals surface area contributed by atoms with Gasteiger partial charge < -0.3 is 5.32 Å². The lowest BCUT2D eigenvalue weighted by Crippen LogP contribution is -2.38. The van der Waals surface area contributed by atoms with Crippen molar-refractivity contribution >= 4 is 17.2 Å². The van der Waals surface area contributed by atoms with Crippen molar-refractivity contribution in [2.45, 2.75) is 51.6 Å². The number of hydrogen-bond donors (Lipinski definition) is 1. The van der Waals surface area contributed by atoms with E-state index in [1.807, 2.05) is 0 Å². The third kappa shape index (κ3) is 2.79. The molecule has 0 radical (unpaired) electrons. The van der Waals surface area contributed by atoms with Crippen molar-refractivity contribution in [3.63, 3.8) is 0 Å². The predicted octanol–water partition coefficient (Wildman–Crippen LogP) is 0.796. The number of rotatable bonds is 3. The number of hydrogen-bond acceptors (Lipinski definition) is 5. The molecule has 4 rings (SSSR count). The van der Waals surface area contributed by atoms with Gasteiger partial charge in [-0.2, -0.15) is 5.10 Å². The number of thiazole rings is 1. The molecule has 1 amide bonds. The van der Waals surface area contributed by atoms with Gasteiger partial charge in [-0.15, -0.1) is 11.3 Å². The highest BCUT2D eigenvalue weighted by molar-refractivity contribution is 7.11. The van der Waals surface area contributed by atoms with Crippen LogP contribution in [0.3, 0.4) is 0 Å². The van der Waals surface area contributed by atoms with Gasteiger partial charge in [0.05, 0.1) is 18.2 Å². The molecule has 0 bridgehead atoms. The lowest BCUT2D eigenvalue weighted by atomic mass is 9.98. The van der Waals surface area contributed by atoms with E-state index in [1.54, 1.807) is 23.0 Å². The second kappa shape index (κ2) is 6.16. The third-order valence-corrected chi connectivity index (χ3v) is 6.04. The number of aromatic nitrogens is 4. The predicted molar refractivity (Wildman–Crippen MR) is 89.9 cm³/mol. The molecule has 7 nitrogen and oxygen atoms in total. The van der Waals surface area contributed by atoms with E-state index in [4.69, 9.17) is 0 Å². The van der Waals surface area contributed by atoms with Crippen LogP contribution in [0.15, 0.2) is 4.79 Å². The van der Waals surface area contributed by atoms with Crippen LogP contribution in [-0.4, -0.2) is 25.2 Å². The van der Waals surface area contributed by atoms with E-state index in [1.165, 1.54) is 28.1 Å². The Morgan fingerprint density at radius 1 is 1.33 bits per heavy atom. The van der Waals surface area contributed by atoms with Crippen molar-refractivity contribution in [2.75, 3.05) is 0 Å². The van der Waals surface area contributed by atoms with Crippen molar-refractivity contribution in [3.05, 3.63) is 31.9 Å². The Bertz CT molecular complexity index is 811. The fraction of sp³-hybridized carbons (Fsp3) is 0.625. The summed E-state index contributed by atoms with van der Waals surface area (Å²) in [7, 11) is 1.65. The molecule has 2 aromatic rings. The average Bonchev–Trinajstić information content (AvgIpc) is 3.13. The molecule has 3 heterocycles. The van der Waals surface area contributed by atoms with Crippen molar-refractivity contribution < 1.29 is 4.79 Å². The zero-order chi connectivity index (χ0) is 16.7. The zero-order valence-corrected chi connectivity index (χ0v) is 14.6. The minimum atomic E-state index is -0.172. The molecular weight excluding hydrogens is 326 g/mol. The first-order valence-electron chi connectivity index (χ1n) is 8.49. The van der Waals surface area contributed by atoms with Crippen LogP contribution in [0.4, 0.5) is 0 Å². The molecule has 2 aromatic heterocycles. The number of fused-ring (bicyclic) bond motifs is 2. The molecule has 2 aliphatic rings. The highest BCUT2D eigenvalue weighted by atomic mass is 32.1. The number of nitrogens with zero attached hydrogens (tertiary/aromatic N) is 4. The van der Waals surface area contributed by atoms with Crippen LogP contribution in [0.5, 0.6) is 0 Å². The zero-order valence-electron chi connectivity index (χ0n) is 13.7. The van der Waals surface area contributed by atoms with Crippen LogP contribution < -0.4 is 11.0 Å². The summed E-state index contributed by atoms with van der Waals surface area (Å²) in [5.41, 5.74) is 1.08. The molecule has 0 unspecified atom stereocenters. The van der Waals surface area contributed by atoms with Gasteiger partial charge in [0.25, 0.3) is 0 Å². The maximum Gasteiger partial charge on any atom is 0.345 e. The molecule has 1 N–H and O–H groups in total. The van der Waals surface area contributed by atoms with Gasteiger partial charge >= 0.3 is 5.69 Å². The topological polar surface area (TPSA) is 81.8 Å². The molecular formula is C16H21N5O2S. The van der Waals surface area contributed by atoms with Crippen molar-refractivity contribution in [1.29, 1.82) is 0 Å². The van der Waals surface area contributed by atoms with E-state index in [2.05, 4.69) is 15.4 Å². The van der Waals surface area contributed by atoms with Crippen LogP contribution in [-0.2, 0) is 44.2 Å². The van der Waals surface area contributed by atoms with Crippen LogP contribution in [0.1, 0.15) is 40.7 Å². The van der Waals surface area contributed by atoms with Gasteiger partial charge in [0.2, 0.25) is 5.91 Å². The quantitative estimate of drug-likeness (QED) is 0.890. The number of carbonyl (C=O) groups is 1. The number of aryl methyl sites for hydroxylation is 4. The molecule has 128 valence electrons. The molecule has 0 aromatic carbocycles. The molecule has 0 spiro atoms. The lowest BCUT2D eigenvalue weighted by Gasteiger charge is -2.21. The molecule has 1 aliphatic heterocycles. The van der Waals surface area contributed by atoms with Crippen LogP contribution in [0.2, 0.25) is 0 Å². The van der Waals surface area contributed by atoms with E-state index in [0.717, 1.165) is 30.1 Å². The Labute approximate surface area is 143 Å². The normalized spacial score (nSPS) is 19.6. The van der Waals surface area contributed by atoms with E-state index >= 15 is 0 Å². The molecule has 0 fully saturated rings. The maximum absolute atomic E-state index is 12.5. The summed E-state index contributed by atoms with van der Waals surface area (Å²) in [5, 5.41) is 8.19. The summed E-state index contributed by atoms with van der Waals surface area (Å²) in [4.78, 5) is 30.5. The molecule has 0 saturated carbocycles. The minimum absolute atomic E-state index is 0.00424. The summed E-state index contributed by atoms with van der Waals surface area (Å²) in [6.45, 7) is 0.907. The van der Waals surface area contributed by atoms with Crippen molar-refractivity contribution in [1.82, 2.24) is 24.6 Å². The molecule has 1 aliphatic carbocycles. The first-order valence-corrected chi connectivity index (χ1v) is 9.31. The fourth-order valence-corrected chi connectivity index (χ4v) is 4.64. The van der Waals surface area contributed by atoms with E-state index in [-0.39, 0.29) is 17.5 Å². The molecule has 24 heavy (non-hydrogen) atoms. The molecule has 1 atom stereocenters. The second-order valence-corrected chi connectivity index (χ2v) is 7.74. The van der Waals surface area contributed by atoms with Crippen molar-refractivity contribution in [3.8, 4) is 0 Å². The minimum Gasteiger partial charge on any atom is -0.349 e. The van der Waals surface area contributed by atoms with Crippen LogP contribution >= 0.6 is 11.3 Å². The molecule has 0 saturated heterocycles. The summed E-state index contributed by atoms with van der Waals surface area (Å²) in [6, 6.07) is 0. The number of carbonyl (C=O) groups excluding carboxylic acids is 1. The highest BCUT2D eigenvalue weighted by Crippen LogP contribution is 2.26. The first-order chi connectivity index (χ1) is 11.6. The van der Waals surface area contributed by atoms with Crippen LogP contribution in [0.25, 0.3) is 0 Å². The fourth-order valence-electron chi connectivity index (χ4n) is 3.54. The maximum atomic E-state index is 12.5. The van der Waals surface area contributed by atoms with Gasteiger partial charge in [-0.05, 0) is 32.1 Å². The number of amides is 1. The van der Waals surface area contributed by atoms with Gasteiger partial charge in [0.1, 0.15) is 10.8 Å². The Kier molecular flexibility index (Phi) is 3.99. The summed E-state index contributed by atoms with van der Waals surface area (Å²) < 4.78 is 2.96. The van der Waals surface area contributed by atoms with Gasteiger partial charge in [-0.1, -0.05) is 0 Å². The van der Waals surface area contributed by atoms with E-state index in [0.29, 0.717) is 19.5 Å². The van der Waals surface area contributed by atoms with Gasteiger partial charge in [0, 0.05) is 24.9 Å². The average molecular weight is 347 g/mol. The smallest absolute Gasteiger partial charge is 0.345 e. The van der Waals surface area contributed by atoms with Gasteiger partial charge in [-0.25, -0.2) is 14.5 Å². The second-order valence-electron chi connectivity index (χ2n) is 6.57.